The number of thiophene rings is 1. The topological polar surface area (TPSA) is 78.1 Å². The summed E-state index contributed by atoms with van der Waals surface area (Å²) < 4.78 is 0. The number of H-pyrrole nitrogens is 1. The maximum absolute atomic E-state index is 12.1. The number of piperidine rings is 1. The average molecular weight is 344 g/mol. The zero-order valence-corrected chi connectivity index (χ0v) is 14.1. The van der Waals surface area contributed by atoms with Gasteiger partial charge in [-0.2, -0.15) is 11.3 Å². The van der Waals surface area contributed by atoms with E-state index in [1.54, 1.807) is 11.3 Å². The smallest absolute Gasteiger partial charge is 0.252 e. The van der Waals surface area contributed by atoms with Crippen molar-refractivity contribution in [2.45, 2.75) is 31.7 Å². The molecule has 7 heteroatoms. The highest BCUT2D eigenvalue weighted by Crippen LogP contribution is 2.32. The maximum atomic E-state index is 12.1. The number of carbonyl (C=O) groups is 1. The van der Waals surface area contributed by atoms with Gasteiger partial charge in [-0.25, -0.2) is 4.98 Å². The predicted molar refractivity (Wildman–Crippen MR) is 94.1 cm³/mol. The van der Waals surface area contributed by atoms with Gasteiger partial charge in [-0.05, 0) is 37.1 Å². The van der Waals surface area contributed by atoms with E-state index in [4.69, 9.17) is 0 Å². The number of hydrogen-bond acceptors (Lipinski definition) is 5. The lowest BCUT2D eigenvalue weighted by Gasteiger charge is -2.32. The quantitative estimate of drug-likeness (QED) is 0.892. The third kappa shape index (κ3) is 3.36. The van der Waals surface area contributed by atoms with E-state index in [0.717, 1.165) is 44.3 Å². The van der Waals surface area contributed by atoms with Gasteiger partial charge in [-0.1, -0.05) is 0 Å². The highest BCUT2D eigenvalue weighted by Gasteiger charge is 2.34. The number of likely N-dealkylation sites (tertiary alicyclic amines) is 1. The van der Waals surface area contributed by atoms with Crippen LogP contribution in [0.5, 0.6) is 0 Å². The van der Waals surface area contributed by atoms with Crippen molar-refractivity contribution in [1.29, 1.82) is 0 Å². The highest BCUT2D eigenvalue weighted by atomic mass is 32.1. The van der Waals surface area contributed by atoms with Crippen molar-refractivity contribution in [3.63, 3.8) is 0 Å². The molecule has 1 aliphatic heterocycles. The molecule has 126 valence electrons. The van der Waals surface area contributed by atoms with Crippen LogP contribution in [0.15, 0.2) is 27.7 Å². The Morgan fingerprint density at radius 2 is 2.08 bits per heavy atom. The van der Waals surface area contributed by atoms with E-state index in [9.17, 15) is 9.59 Å². The van der Waals surface area contributed by atoms with Crippen molar-refractivity contribution in [2.75, 3.05) is 18.4 Å². The first-order chi connectivity index (χ1) is 11.7. The first-order valence-electron chi connectivity index (χ1n) is 8.38. The van der Waals surface area contributed by atoms with Crippen LogP contribution in [0.3, 0.4) is 0 Å². The lowest BCUT2D eigenvalue weighted by molar-refractivity contribution is -0.133. The minimum absolute atomic E-state index is 0.157. The van der Waals surface area contributed by atoms with E-state index in [2.05, 4.69) is 15.3 Å². The summed E-state index contributed by atoms with van der Waals surface area (Å²) in [7, 11) is 0. The summed E-state index contributed by atoms with van der Waals surface area (Å²) in [6.07, 6.45) is 3.87. The molecule has 2 N–H and O–H groups in total. The first-order valence-corrected chi connectivity index (χ1v) is 9.32. The fourth-order valence-corrected chi connectivity index (χ4v) is 3.76. The molecule has 0 radical (unpaired) electrons. The number of aromatic nitrogens is 2. The zero-order valence-electron chi connectivity index (χ0n) is 13.3. The van der Waals surface area contributed by atoms with Gasteiger partial charge in [0.2, 0.25) is 11.9 Å². The molecule has 6 nitrogen and oxygen atoms in total. The third-order valence-electron chi connectivity index (χ3n) is 4.63. The van der Waals surface area contributed by atoms with Crippen molar-refractivity contribution >= 4 is 23.2 Å². The average Bonchev–Trinajstić information content (AvgIpc) is 3.28. The lowest BCUT2D eigenvalue weighted by atomic mass is 10.0. The molecule has 0 atom stereocenters. The molecule has 3 heterocycles. The van der Waals surface area contributed by atoms with E-state index < -0.39 is 0 Å². The molecular weight excluding hydrogens is 324 g/mol. The lowest BCUT2D eigenvalue weighted by Crippen LogP contribution is -2.43. The van der Waals surface area contributed by atoms with Crippen molar-refractivity contribution < 1.29 is 4.79 Å². The number of anilines is 1. The second kappa shape index (κ2) is 6.39. The SMILES string of the molecule is O=C(C1CC1)N1CCC(Nc2nc(-c3ccsc3)cc(=O)[nH]2)CC1. The molecule has 1 aliphatic carbocycles. The van der Waals surface area contributed by atoms with Gasteiger partial charge in [0.25, 0.3) is 5.56 Å². The summed E-state index contributed by atoms with van der Waals surface area (Å²) in [4.78, 5) is 33.2. The van der Waals surface area contributed by atoms with Crippen LogP contribution in [0.2, 0.25) is 0 Å². The largest absolute Gasteiger partial charge is 0.353 e. The van der Waals surface area contributed by atoms with E-state index >= 15 is 0 Å². The van der Waals surface area contributed by atoms with Crippen LogP contribution < -0.4 is 10.9 Å². The summed E-state index contributed by atoms with van der Waals surface area (Å²) in [6, 6.07) is 3.71. The van der Waals surface area contributed by atoms with Crippen molar-refractivity contribution in [3.8, 4) is 11.3 Å². The Morgan fingerprint density at radius 3 is 2.75 bits per heavy atom. The van der Waals surface area contributed by atoms with Crippen LogP contribution in [-0.2, 0) is 4.79 Å². The van der Waals surface area contributed by atoms with Gasteiger partial charge in [-0.3, -0.25) is 14.6 Å². The molecule has 1 saturated heterocycles. The predicted octanol–water partition coefficient (Wildman–Crippen LogP) is 2.31. The Hall–Kier alpha value is -2.15. The zero-order chi connectivity index (χ0) is 16.5. The minimum Gasteiger partial charge on any atom is -0.353 e. The van der Waals surface area contributed by atoms with Crippen LogP contribution in [0.1, 0.15) is 25.7 Å². The summed E-state index contributed by atoms with van der Waals surface area (Å²) in [6.45, 7) is 1.56. The number of nitrogens with zero attached hydrogens (tertiary/aromatic N) is 2. The molecule has 2 aliphatic rings. The molecule has 1 saturated carbocycles. The first kappa shape index (κ1) is 15.4. The van der Waals surface area contributed by atoms with Gasteiger partial charge in [0.15, 0.2) is 0 Å². The van der Waals surface area contributed by atoms with Crippen LogP contribution in [0.4, 0.5) is 5.95 Å². The van der Waals surface area contributed by atoms with Crippen LogP contribution in [-0.4, -0.2) is 39.9 Å². The number of hydrogen-bond donors (Lipinski definition) is 2. The van der Waals surface area contributed by atoms with Crippen molar-refractivity contribution in [2.24, 2.45) is 5.92 Å². The molecule has 0 bridgehead atoms. The molecule has 0 aromatic carbocycles. The number of rotatable bonds is 4. The van der Waals surface area contributed by atoms with Crippen molar-refractivity contribution in [1.82, 2.24) is 14.9 Å². The summed E-state index contributed by atoms with van der Waals surface area (Å²) >= 11 is 1.58. The van der Waals surface area contributed by atoms with Gasteiger partial charge >= 0.3 is 0 Å². The number of nitrogens with one attached hydrogen (secondary N) is 2. The third-order valence-corrected chi connectivity index (χ3v) is 5.32. The Balaban J connectivity index is 1.41. The van der Waals surface area contributed by atoms with Gasteiger partial charge in [0, 0.05) is 42.1 Å². The second-order valence-corrected chi connectivity index (χ2v) is 7.29. The Bertz CT molecular complexity index is 774. The van der Waals surface area contributed by atoms with Gasteiger partial charge in [0.05, 0.1) is 5.69 Å². The fourth-order valence-electron chi connectivity index (χ4n) is 3.11. The Labute approximate surface area is 143 Å². The number of carbonyl (C=O) groups excluding carboxylic acids is 1. The number of aromatic amines is 1. The maximum Gasteiger partial charge on any atom is 0.252 e. The molecule has 0 unspecified atom stereocenters. The molecule has 1 amide bonds. The Morgan fingerprint density at radius 1 is 1.29 bits per heavy atom. The monoisotopic (exact) mass is 344 g/mol. The molecule has 2 aromatic heterocycles. The second-order valence-electron chi connectivity index (χ2n) is 6.51. The normalized spacial score (nSPS) is 18.6. The van der Waals surface area contributed by atoms with E-state index in [-0.39, 0.29) is 17.5 Å². The van der Waals surface area contributed by atoms with Crippen LogP contribution >= 0.6 is 11.3 Å². The fraction of sp³-hybridized carbons (Fsp3) is 0.471. The molecule has 24 heavy (non-hydrogen) atoms. The number of amides is 1. The van der Waals surface area contributed by atoms with Crippen LogP contribution in [0.25, 0.3) is 11.3 Å². The summed E-state index contributed by atoms with van der Waals surface area (Å²) in [5.74, 6) is 1.12. The van der Waals surface area contributed by atoms with Crippen LogP contribution in [0, 0.1) is 5.92 Å². The highest BCUT2D eigenvalue weighted by molar-refractivity contribution is 7.08. The van der Waals surface area contributed by atoms with E-state index in [1.165, 1.54) is 6.07 Å². The molecule has 2 fully saturated rings. The van der Waals surface area contributed by atoms with Gasteiger partial charge in [0.1, 0.15) is 0 Å². The molecular formula is C17H20N4O2S. The molecule has 0 spiro atoms. The summed E-state index contributed by atoms with van der Waals surface area (Å²) in [5, 5.41) is 7.28. The van der Waals surface area contributed by atoms with E-state index in [0.29, 0.717) is 17.5 Å². The molecule has 2 aromatic rings. The molecule has 4 rings (SSSR count). The minimum atomic E-state index is -0.157. The van der Waals surface area contributed by atoms with Crippen molar-refractivity contribution in [3.05, 3.63) is 33.2 Å². The summed E-state index contributed by atoms with van der Waals surface area (Å²) in [5.41, 5.74) is 1.48. The van der Waals surface area contributed by atoms with Gasteiger partial charge in [-0.15, -0.1) is 0 Å². The van der Waals surface area contributed by atoms with E-state index in [1.807, 2.05) is 21.7 Å². The Kier molecular flexibility index (Phi) is 4.10. The van der Waals surface area contributed by atoms with Gasteiger partial charge < -0.3 is 10.2 Å². The standard InChI is InChI=1S/C17H20N4O2S/c22-15-9-14(12-5-8-24-10-12)19-17(20-15)18-13-3-6-21(7-4-13)16(23)11-1-2-11/h5,8-11,13H,1-4,6-7H2,(H2,18,19,20,22).